The van der Waals surface area contributed by atoms with Crippen molar-refractivity contribution in [3.05, 3.63) is 100.0 Å². The Morgan fingerprint density at radius 2 is 1.87 bits per heavy atom. The zero-order valence-corrected chi connectivity index (χ0v) is 23.0. The smallest absolute Gasteiger partial charge is 0.265 e. The summed E-state index contributed by atoms with van der Waals surface area (Å²) in [4.78, 5) is 32.3. The standard InChI is InChI=1S/C32H35N3O2S/c1-23-8-7-10-26(20-23)22-35-28-11-3-4-12-29(28)38-30(32(35)37)21-25-13-15-27(16-14-25)31(36)33-17-19-34-18-6-5-9-24(34)2/h3-4,7-8,10-16,20-21,24H,5-6,9,17-19,22H2,1-2H3,(H,33,36)/b30-21+/t24-/m1/s1. The highest BCUT2D eigenvalue weighted by atomic mass is 32.2. The molecule has 196 valence electrons. The summed E-state index contributed by atoms with van der Waals surface area (Å²) in [6.07, 6.45) is 5.70. The zero-order chi connectivity index (χ0) is 26.5. The van der Waals surface area contributed by atoms with E-state index in [1.165, 1.54) is 36.6 Å². The molecule has 3 aromatic rings. The Kier molecular flexibility index (Phi) is 8.30. The molecule has 2 aliphatic heterocycles. The molecule has 1 saturated heterocycles. The Labute approximate surface area is 229 Å². The van der Waals surface area contributed by atoms with E-state index in [9.17, 15) is 9.59 Å². The summed E-state index contributed by atoms with van der Waals surface area (Å²) in [6, 6.07) is 24.4. The molecule has 0 aromatic heterocycles. The van der Waals surface area contributed by atoms with Crippen LogP contribution in [0.15, 0.2) is 82.6 Å². The number of thioether (sulfide) groups is 1. The van der Waals surface area contributed by atoms with E-state index in [1.807, 2.05) is 59.5 Å². The van der Waals surface area contributed by atoms with E-state index < -0.39 is 0 Å². The Hall–Kier alpha value is -3.35. The third-order valence-corrected chi connectivity index (χ3v) is 8.43. The molecule has 0 aliphatic carbocycles. The van der Waals surface area contributed by atoms with Gasteiger partial charge in [-0.15, -0.1) is 0 Å². The van der Waals surface area contributed by atoms with Crippen molar-refractivity contribution in [1.29, 1.82) is 0 Å². The fraction of sp³-hybridized carbons (Fsp3) is 0.312. The van der Waals surface area contributed by atoms with Crippen LogP contribution in [0.2, 0.25) is 0 Å². The number of nitrogens with zero attached hydrogens (tertiary/aromatic N) is 2. The lowest BCUT2D eigenvalue weighted by Gasteiger charge is -2.33. The van der Waals surface area contributed by atoms with Crippen molar-refractivity contribution in [2.75, 3.05) is 24.5 Å². The third kappa shape index (κ3) is 6.20. The van der Waals surface area contributed by atoms with Gasteiger partial charge in [-0.2, -0.15) is 0 Å². The van der Waals surface area contributed by atoms with Crippen molar-refractivity contribution in [1.82, 2.24) is 10.2 Å². The van der Waals surface area contributed by atoms with Gasteiger partial charge in [0, 0.05) is 29.6 Å². The number of rotatable bonds is 7. The number of hydrogen-bond acceptors (Lipinski definition) is 4. The molecule has 2 amide bonds. The maximum absolute atomic E-state index is 13.6. The second kappa shape index (κ2) is 12.0. The average Bonchev–Trinajstić information content (AvgIpc) is 2.92. The van der Waals surface area contributed by atoms with E-state index in [-0.39, 0.29) is 11.8 Å². The minimum absolute atomic E-state index is 0.0102. The van der Waals surface area contributed by atoms with E-state index in [0.29, 0.717) is 29.6 Å². The SMILES string of the molecule is Cc1cccc(CN2C(=O)/C(=C\c3ccc(C(=O)NCCN4CCCC[C@H]4C)cc3)Sc3ccccc32)c1. The molecule has 5 nitrogen and oxygen atoms in total. The minimum atomic E-state index is -0.0600. The summed E-state index contributed by atoms with van der Waals surface area (Å²) >= 11 is 1.50. The van der Waals surface area contributed by atoms with E-state index in [4.69, 9.17) is 0 Å². The number of aryl methyl sites for hydroxylation is 1. The first kappa shape index (κ1) is 26.3. The summed E-state index contributed by atoms with van der Waals surface area (Å²) in [6.45, 7) is 7.50. The first-order chi connectivity index (χ1) is 18.5. The Balaban J connectivity index is 1.27. The predicted molar refractivity (Wildman–Crippen MR) is 156 cm³/mol. The highest BCUT2D eigenvalue weighted by molar-refractivity contribution is 8.04. The van der Waals surface area contributed by atoms with E-state index in [0.717, 1.165) is 34.8 Å². The number of nitrogens with one attached hydrogen (secondary N) is 1. The average molecular weight is 526 g/mol. The molecule has 2 aliphatic rings. The molecule has 0 bridgehead atoms. The molecule has 0 saturated carbocycles. The highest BCUT2D eigenvalue weighted by Gasteiger charge is 2.29. The minimum Gasteiger partial charge on any atom is -0.351 e. The molecule has 1 N–H and O–H groups in total. The summed E-state index contributed by atoms with van der Waals surface area (Å²) in [7, 11) is 0. The molecule has 0 unspecified atom stereocenters. The molecule has 38 heavy (non-hydrogen) atoms. The topological polar surface area (TPSA) is 52.7 Å². The Bertz CT molecular complexity index is 1330. The van der Waals surface area contributed by atoms with Crippen molar-refractivity contribution in [2.45, 2.75) is 50.6 Å². The van der Waals surface area contributed by atoms with Gasteiger partial charge in [0.15, 0.2) is 0 Å². The summed E-state index contributed by atoms with van der Waals surface area (Å²) < 4.78 is 0. The number of carbonyl (C=O) groups excluding carboxylic acids is 2. The monoisotopic (exact) mass is 525 g/mol. The summed E-state index contributed by atoms with van der Waals surface area (Å²) in [5.41, 5.74) is 4.74. The molecule has 3 aromatic carbocycles. The van der Waals surface area contributed by atoms with Gasteiger partial charge in [0.2, 0.25) is 0 Å². The predicted octanol–water partition coefficient (Wildman–Crippen LogP) is 6.28. The van der Waals surface area contributed by atoms with Crippen LogP contribution < -0.4 is 10.2 Å². The van der Waals surface area contributed by atoms with Crippen LogP contribution in [0.1, 0.15) is 53.2 Å². The van der Waals surface area contributed by atoms with Gasteiger partial charge >= 0.3 is 0 Å². The van der Waals surface area contributed by atoms with Crippen LogP contribution in [0.25, 0.3) is 6.08 Å². The summed E-state index contributed by atoms with van der Waals surface area (Å²) in [5, 5.41) is 3.06. The summed E-state index contributed by atoms with van der Waals surface area (Å²) in [5.74, 6) is -0.0702. The second-order valence-electron chi connectivity index (χ2n) is 10.2. The lowest BCUT2D eigenvalue weighted by Crippen LogP contribution is -2.42. The lowest BCUT2D eigenvalue weighted by atomic mass is 10.0. The number of para-hydroxylation sites is 1. The number of fused-ring (bicyclic) bond motifs is 1. The van der Waals surface area contributed by atoms with Crippen molar-refractivity contribution in [3.63, 3.8) is 0 Å². The van der Waals surface area contributed by atoms with Gasteiger partial charge in [-0.05, 0) is 74.7 Å². The number of carbonyl (C=O) groups is 2. The molecule has 6 heteroatoms. The van der Waals surface area contributed by atoms with Gasteiger partial charge in [-0.1, -0.05) is 72.3 Å². The van der Waals surface area contributed by atoms with Crippen LogP contribution in [0.5, 0.6) is 0 Å². The van der Waals surface area contributed by atoms with Gasteiger partial charge in [0.25, 0.3) is 11.8 Å². The maximum Gasteiger partial charge on any atom is 0.265 e. The van der Waals surface area contributed by atoms with Gasteiger partial charge < -0.3 is 10.2 Å². The van der Waals surface area contributed by atoms with Gasteiger partial charge in [0.1, 0.15) is 0 Å². The molecular weight excluding hydrogens is 490 g/mol. The molecule has 5 rings (SSSR count). The third-order valence-electron chi connectivity index (χ3n) is 7.35. The van der Waals surface area contributed by atoms with Crippen LogP contribution >= 0.6 is 11.8 Å². The maximum atomic E-state index is 13.6. The van der Waals surface area contributed by atoms with Crippen molar-refractivity contribution < 1.29 is 9.59 Å². The molecular formula is C32H35N3O2S. The van der Waals surface area contributed by atoms with Gasteiger partial charge in [-0.3, -0.25) is 14.5 Å². The fourth-order valence-corrected chi connectivity index (χ4v) is 6.26. The van der Waals surface area contributed by atoms with Crippen molar-refractivity contribution in [3.8, 4) is 0 Å². The van der Waals surface area contributed by atoms with Crippen molar-refractivity contribution >= 4 is 35.3 Å². The molecule has 1 fully saturated rings. The van der Waals surface area contributed by atoms with Crippen LogP contribution in [0, 0.1) is 6.92 Å². The van der Waals surface area contributed by atoms with Gasteiger partial charge in [0.05, 0.1) is 17.1 Å². The van der Waals surface area contributed by atoms with Crippen molar-refractivity contribution in [2.24, 2.45) is 0 Å². The quantitative estimate of drug-likeness (QED) is 0.369. The lowest BCUT2D eigenvalue weighted by molar-refractivity contribution is -0.114. The number of likely N-dealkylation sites (tertiary alicyclic amines) is 1. The molecule has 1 atom stereocenters. The highest BCUT2D eigenvalue weighted by Crippen LogP contribution is 2.42. The Morgan fingerprint density at radius 1 is 1.05 bits per heavy atom. The number of amides is 2. The van der Waals surface area contributed by atoms with E-state index in [1.54, 1.807) is 0 Å². The molecule has 0 radical (unpaired) electrons. The van der Waals surface area contributed by atoms with Crippen LogP contribution in [0.4, 0.5) is 5.69 Å². The first-order valence-corrected chi connectivity index (χ1v) is 14.3. The number of anilines is 1. The second-order valence-corrected chi connectivity index (χ2v) is 11.3. The van der Waals surface area contributed by atoms with Crippen LogP contribution in [-0.4, -0.2) is 42.4 Å². The number of benzene rings is 3. The number of hydrogen-bond donors (Lipinski definition) is 1. The Morgan fingerprint density at radius 3 is 2.66 bits per heavy atom. The normalized spacial score (nSPS) is 18.9. The molecule has 0 spiro atoms. The van der Waals surface area contributed by atoms with Crippen LogP contribution in [0.3, 0.4) is 0 Å². The van der Waals surface area contributed by atoms with Crippen LogP contribution in [-0.2, 0) is 11.3 Å². The largest absolute Gasteiger partial charge is 0.351 e. The first-order valence-electron chi connectivity index (χ1n) is 13.5. The zero-order valence-electron chi connectivity index (χ0n) is 22.2. The van der Waals surface area contributed by atoms with E-state index >= 15 is 0 Å². The number of piperidine rings is 1. The van der Waals surface area contributed by atoms with Gasteiger partial charge in [-0.25, -0.2) is 0 Å². The van der Waals surface area contributed by atoms with E-state index in [2.05, 4.69) is 48.3 Å². The molecule has 2 heterocycles. The fourth-order valence-electron chi connectivity index (χ4n) is 5.20.